The van der Waals surface area contributed by atoms with E-state index in [0.29, 0.717) is 0 Å². The Kier molecular flexibility index (Phi) is 1.35. The minimum atomic E-state index is -1.11. The molecule has 1 rings (SSSR count). The minimum absolute atomic E-state index is 0.523. The van der Waals surface area contributed by atoms with Crippen LogP contribution in [-0.4, -0.2) is 29.9 Å². The number of aliphatic hydroxyl groups is 1. The maximum Gasteiger partial charge on any atom is 0.517 e. The van der Waals surface area contributed by atoms with Gasteiger partial charge in [0.15, 0.2) is 0 Å². The number of carbonyl (C=O) groups excluding carboxylic acids is 2. The molecule has 1 aliphatic rings. The van der Waals surface area contributed by atoms with E-state index in [9.17, 15) is 9.59 Å². The molecule has 5 heteroatoms. The largest absolute Gasteiger partial charge is 0.517 e. The lowest BCUT2D eigenvalue weighted by atomic mass is 10.4. The van der Waals surface area contributed by atoms with Gasteiger partial charge in [-0.2, -0.15) is 0 Å². The van der Waals surface area contributed by atoms with E-state index < -0.39 is 24.8 Å². The molecule has 0 bridgehead atoms. The summed E-state index contributed by atoms with van der Waals surface area (Å²) in [6.45, 7) is -0.523. The van der Waals surface area contributed by atoms with Crippen molar-refractivity contribution in [3.05, 3.63) is 0 Å². The summed E-state index contributed by atoms with van der Waals surface area (Å²) in [5, 5.41) is 8.28. The van der Waals surface area contributed by atoms with Crippen LogP contribution in [0.1, 0.15) is 0 Å². The molecule has 0 radical (unpaired) electrons. The first-order valence-electron chi connectivity index (χ1n) is 2.27. The van der Waals surface area contributed by atoms with Gasteiger partial charge in [-0.15, -0.1) is 0 Å². The SMILES string of the molecule is O=C1OC(=O)C(CO)O1. The molecule has 0 aliphatic carbocycles. The molecule has 0 aromatic heterocycles. The average molecular weight is 132 g/mol. The highest BCUT2D eigenvalue weighted by Gasteiger charge is 2.34. The van der Waals surface area contributed by atoms with Crippen LogP contribution in [0.25, 0.3) is 0 Å². The first-order valence-corrected chi connectivity index (χ1v) is 2.27. The molecule has 0 spiro atoms. The monoisotopic (exact) mass is 132 g/mol. The van der Waals surface area contributed by atoms with E-state index in [4.69, 9.17) is 5.11 Å². The molecule has 0 amide bonds. The van der Waals surface area contributed by atoms with Crippen molar-refractivity contribution < 1.29 is 24.2 Å². The van der Waals surface area contributed by atoms with Crippen molar-refractivity contribution in [1.29, 1.82) is 0 Å². The van der Waals surface area contributed by atoms with Crippen LogP contribution in [0.4, 0.5) is 4.79 Å². The van der Waals surface area contributed by atoms with Gasteiger partial charge in [0.05, 0.1) is 6.61 Å². The van der Waals surface area contributed by atoms with Crippen molar-refractivity contribution in [1.82, 2.24) is 0 Å². The average Bonchev–Trinajstić information content (AvgIpc) is 2.10. The van der Waals surface area contributed by atoms with Gasteiger partial charge in [0.25, 0.3) is 0 Å². The maximum absolute atomic E-state index is 10.3. The lowest BCUT2D eigenvalue weighted by Gasteiger charge is -1.94. The zero-order valence-corrected chi connectivity index (χ0v) is 4.36. The third kappa shape index (κ3) is 0.996. The van der Waals surface area contributed by atoms with Crippen LogP contribution in [-0.2, 0) is 14.3 Å². The van der Waals surface area contributed by atoms with E-state index >= 15 is 0 Å². The van der Waals surface area contributed by atoms with Gasteiger partial charge in [-0.05, 0) is 0 Å². The zero-order valence-electron chi connectivity index (χ0n) is 4.36. The van der Waals surface area contributed by atoms with Crippen LogP contribution in [0.2, 0.25) is 0 Å². The van der Waals surface area contributed by atoms with Crippen molar-refractivity contribution in [2.45, 2.75) is 6.10 Å². The molecule has 1 heterocycles. The van der Waals surface area contributed by atoms with E-state index in [-0.39, 0.29) is 0 Å². The Hall–Kier alpha value is -1.10. The van der Waals surface area contributed by atoms with E-state index in [2.05, 4.69) is 9.47 Å². The summed E-state index contributed by atoms with van der Waals surface area (Å²) in [5.41, 5.74) is 0. The highest BCUT2D eigenvalue weighted by molar-refractivity contribution is 5.90. The molecule has 1 atom stereocenters. The van der Waals surface area contributed by atoms with Crippen molar-refractivity contribution in [3.8, 4) is 0 Å². The predicted molar refractivity (Wildman–Crippen MR) is 23.4 cm³/mol. The maximum atomic E-state index is 10.3. The lowest BCUT2D eigenvalue weighted by Crippen LogP contribution is -2.20. The number of aliphatic hydroxyl groups excluding tert-OH is 1. The van der Waals surface area contributed by atoms with Gasteiger partial charge in [-0.1, -0.05) is 0 Å². The molecule has 0 saturated carbocycles. The van der Waals surface area contributed by atoms with Crippen molar-refractivity contribution in [3.63, 3.8) is 0 Å². The van der Waals surface area contributed by atoms with Crippen molar-refractivity contribution in [2.75, 3.05) is 6.61 Å². The van der Waals surface area contributed by atoms with E-state index in [1.807, 2.05) is 0 Å². The van der Waals surface area contributed by atoms with Gasteiger partial charge in [0, 0.05) is 0 Å². The van der Waals surface area contributed by atoms with Crippen LogP contribution in [0.3, 0.4) is 0 Å². The van der Waals surface area contributed by atoms with Crippen LogP contribution in [0.5, 0.6) is 0 Å². The second-order valence-electron chi connectivity index (χ2n) is 1.46. The number of esters is 1. The molecule has 9 heavy (non-hydrogen) atoms. The summed E-state index contributed by atoms with van der Waals surface area (Å²) < 4.78 is 8.07. The standard InChI is InChI=1S/C4H4O5/c5-1-2-3(6)9-4(7)8-2/h2,5H,1H2. The molecule has 0 aromatic carbocycles. The topological polar surface area (TPSA) is 72.8 Å². The number of hydrogen-bond acceptors (Lipinski definition) is 5. The van der Waals surface area contributed by atoms with E-state index in [1.54, 1.807) is 0 Å². The first-order chi connectivity index (χ1) is 4.24. The summed E-state index contributed by atoms with van der Waals surface area (Å²) in [5.74, 6) is -0.831. The van der Waals surface area contributed by atoms with Gasteiger partial charge in [0.1, 0.15) is 0 Å². The Labute approximate surface area is 50.2 Å². The molecule has 50 valence electrons. The molecular formula is C4H4O5. The third-order valence-corrected chi connectivity index (χ3v) is 0.851. The lowest BCUT2D eigenvalue weighted by molar-refractivity contribution is -0.137. The molecule has 5 nitrogen and oxygen atoms in total. The molecule has 1 fully saturated rings. The van der Waals surface area contributed by atoms with Crippen molar-refractivity contribution in [2.24, 2.45) is 0 Å². The Balaban J connectivity index is 2.58. The number of rotatable bonds is 1. The molecule has 1 unspecified atom stereocenters. The van der Waals surface area contributed by atoms with E-state index in [0.717, 1.165) is 0 Å². The normalized spacial score (nSPS) is 25.7. The second-order valence-corrected chi connectivity index (χ2v) is 1.46. The number of ether oxygens (including phenoxy) is 2. The molecule has 0 aromatic rings. The Bertz CT molecular complexity index is 151. The first kappa shape index (κ1) is 6.03. The summed E-state index contributed by atoms with van der Waals surface area (Å²) >= 11 is 0. The van der Waals surface area contributed by atoms with Crippen LogP contribution < -0.4 is 0 Å². The highest BCUT2D eigenvalue weighted by atomic mass is 16.8. The smallest absolute Gasteiger partial charge is 0.416 e. The van der Waals surface area contributed by atoms with Crippen molar-refractivity contribution >= 4 is 12.1 Å². The fourth-order valence-corrected chi connectivity index (χ4v) is 0.448. The Morgan fingerprint density at radius 2 is 2.22 bits per heavy atom. The minimum Gasteiger partial charge on any atom is -0.416 e. The highest BCUT2D eigenvalue weighted by Crippen LogP contribution is 2.06. The Morgan fingerprint density at radius 1 is 1.56 bits per heavy atom. The molecule has 1 N–H and O–H groups in total. The number of carbonyl (C=O) groups is 2. The van der Waals surface area contributed by atoms with Gasteiger partial charge < -0.3 is 14.6 Å². The van der Waals surface area contributed by atoms with Gasteiger partial charge in [-0.25, -0.2) is 9.59 Å². The quantitative estimate of drug-likeness (QED) is 0.367. The summed E-state index contributed by atoms with van der Waals surface area (Å²) in [6, 6.07) is 0. The van der Waals surface area contributed by atoms with E-state index in [1.165, 1.54) is 0 Å². The number of cyclic esters (lactones) is 3. The van der Waals surface area contributed by atoms with Crippen LogP contribution in [0.15, 0.2) is 0 Å². The van der Waals surface area contributed by atoms with Gasteiger partial charge in [-0.3, -0.25) is 0 Å². The molecular weight excluding hydrogens is 128 g/mol. The summed E-state index contributed by atoms with van der Waals surface area (Å²) in [4.78, 5) is 20.3. The van der Waals surface area contributed by atoms with Crippen LogP contribution in [0, 0.1) is 0 Å². The third-order valence-electron chi connectivity index (χ3n) is 0.851. The predicted octanol–water partition coefficient (Wildman–Crippen LogP) is -0.959. The summed E-state index contributed by atoms with van der Waals surface area (Å²) in [6.07, 6.45) is -2.16. The van der Waals surface area contributed by atoms with Crippen LogP contribution >= 0.6 is 0 Å². The van der Waals surface area contributed by atoms with Gasteiger partial charge in [0.2, 0.25) is 6.10 Å². The molecule has 1 aliphatic heterocycles. The number of hydrogen-bond donors (Lipinski definition) is 1. The second kappa shape index (κ2) is 2.02. The molecule has 1 saturated heterocycles. The fourth-order valence-electron chi connectivity index (χ4n) is 0.448. The Morgan fingerprint density at radius 3 is 2.44 bits per heavy atom. The fraction of sp³-hybridized carbons (Fsp3) is 0.500. The van der Waals surface area contributed by atoms with Gasteiger partial charge >= 0.3 is 12.1 Å². The zero-order chi connectivity index (χ0) is 6.85. The summed E-state index contributed by atoms with van der Waals surface area (Å²) in [7, 11) is 0.